The van der Waals surface area contributed by atoms with Crippen molar-refractivity contribution in [2.45, 2.75) is 20.8 Å². The van der Waals surface area contributed by atoms with E-state index in [9.17, 15) is 9.59 Å². The number of aryl methyl sites for hydroxylation is 1. The van der Waals surface area contributed by atoms with Crippen molar-refractivity contribution in [3.8, 4) is 0 Å². The fraction of sp³-hybridized carbons (Fsp3) is 0.429. The number of carbonyl (C=O) groups excluding carboxylic acids is 1. The molecule has 0 aliphatic heterocycles. The second kappa shape index (κ2) is 6.22. The van der Waals surface area contributed by atoms with Gasteiger partial charge < -0.3 is 15.7 Å². The first-order valence-corrected chi connectivity index (χ1v) is 6.18. The van der Waals surface area contributed by atoms with Gasteiger partial charge in [-0.25, -0.2) is 0 Å². The van der Waals surface area contributed by atoms with Gasteiger partial charge in [0.25, 0.3) is 5.91 Å². The smallest absolute Gasteiger partial charge is 0.323 e. The highest BCUT2D eigenvalue weighted by Gasteiger charge is 2.19. The maximum absolute atomic E-state index is 12.3. The van der Waals surface area contributed by atoms with Crippen LogP contribution in [0, 0.1) is 12.8 Å². The number of hydrogen-bond acceptors (Lipinski definition) is 3. The fourth-order valence-corrected chi connectivity index (χ4v) is 1.78. The predicted molar refractivity (Wildman–Crippen MR) is 74.0 cm³/mol. The number of aliphatic carboxylic acids is 1. The summed E-state index contributed by atoms with van der Waals surface area (Å²) in [6.45, 7) is 5.83. The summed E-state index contributed by atoms with van der Waals surface area (Å²) in [4.78, 5) is 24.4. The van der Waals surface area contributed by atoms with E-state index in [2.05, 4.69) is 0 Å². The minimum Gasteiger partial charge on any atom is -0.480 e. The lowest BCUT2D eigenvalue weighted by Gasteiger charge is -2.23. The summed E-state index contributed by atoms with van der Waals surface area (Å²) in [5, 5.41) is 8.87. The number of carboxylic acid groups (broad SMARTS) is 1. The summed E-state index contributed by atoms with van der Waals surface area (Å²) >= 11 is 0. The van der Waals surface area contributed by atoms with E-state index in [4.69, 9.17) is 10.8 Å². The minimum atomic E-state index is -1.02. The molecule has 104 valence electrons. The largest absolute Gasteiger partial charge is 0.480 e. The molecule has 0 atom stereocenters. The van der Waals surface area contributed by atoms with Gasteiger partial charge in [-0.2, -0.15) is 0 Å². The van der Waals surface area contributed by atoms with E-state index in [1.54, 1.807) is 18.2 Å². The van der Waals surface area contributed by atoms with E-state index in [1.165, 1.54) is 4.90 Å². The van der Waals surface area contributed by atoms with Crippen LogP contribution in [-0.4, -0.2) is 35.0 Å². The molecule has 5 nitrogen and oxygen atoms in total. The normalized spacial score (nSPS) is 10.5. The third-order valence-corrected chi connectivity index (χ3v) is 2.73. The Bertz CT molecular complexity index is 484. The van der Waals surface area contributed by atoms with E-state index in [0.29, 0.717) is 17.8 Å². The number of rotatable bonds is 5. The second-order valence-corrected chi connectivity index (χ2v) is 5.04. The SMILES string of the molecule is Cc1ccc(C(=O)N(CC(=O)O)CC(C)C)cc1N. The number of hydrogen-bond donors (Lipinski definition) is 2. The van der Waals surface area contributed by atoms with Crippen LogP contribution in [0.5, 0.6) is 0 Å². The number of carboxylic acids is 1. The van der Waals surface area contributed by atoms with Crippen molar-refractivity contribution in [2.24, 2.45) is 5.92 Å². The van der Waals surface area contributed by atoms with Gasteiger partial charge in [-0.15, -0.1) is 0 Å². The summed E-state index contributed by atoms with van der Waals surface area (Å²) in [6.07, 6.45) is 0. The highest BCUT2D eigenvalue weighted by Crippen LogP contribution is 2.15. The highest BCUT2D eigenvalue weighted by molar-refractivity contribution is 5.96. The Kier molecular flexibility index (Phi) is 4.92. The third kappa shape index (κ3) is 4.28. The summed E-state index contributed by atoms with van der Waals surface area (Å²) in [6, 6.07) is 5.02. The molecular weight excluding hydrogens is 244 g/mol. The van der Waals surface area contributed by atoms with Gasteiger partial charge in [-0.05, 0) is 30.5 Å². The Morgan fingerprint density at radius 3 is 2.47 bits per heavy atom. The predicted octanol–water partition coefficient (Wildman–Crippen LogP) is 1.76. The van der Waals surface area contributed by atoms with Crippen LogP contribution in [-0.2, 0) is 4.79 Å². The maximum Gasteiger partial charge on any atom is 0.323 e. The number of nitrogens with zero attached hydrogens (tertiary/aromatic N) is 1. The second-order valence-electron chi connectivity index (χ2n) is 5.04. The molecule has 1 amide bonds. The van der Waals surface area contributed by atoms with Crippen molar-refractivity contribution < 1.29 is 14.7 Å². The summed E-state index contributed by atoms with van der Waals surface area (Å²) in [5.41, 5.74) is 7.62. The molecule has 0 fully saturated rings. The first-order chi connectivity index (χ1) is 8.81. The molecule has 0 unspecified atom stereocenters. The summed E-state index contributed by atoms with van der Waals surface area (Å²) < 4.78 is 0. The van der Waals surface area contributed by atoms with Crippen LogP contribution < -0.4 is 5.73 Å². The lowest BCUT2D eigenvalue weighted by Crippen LogP contribution is -2.38. The lowest BCUT2D eigenvalue weighted by molar-refractivity contribution is -0.137. The molecule has 1 rings (SSSR count). The molecule has 0 aliphatic carbocycles. The third-order valence-electron chi connectivity index (χ3n) is 2.73. The number of nitrogens with two attached hydrogens (primary N) is 1. The van der Waals surface area contributed by atoms with Crippen molar-refractivity contribution in [1.29, 1.82) is 0 Å². The maximum atomic E-state index is 12.3. The van der Waals surface area contributed by atoms with Gasteiger partial charge >= 0.3 is 5.97 Å². The van der Waals surface area contributed by atoms with Gasteiger partial charge in [0.1, 0.15) is 6.54 Å². The molecule has 5 heteroatoms. The average Bonchev–Trinajstić information content (AvgIpc) is 2.29. The number of amides is 1. The fourth-order valence-electron chi connectivity index (χ4n) is 1.78. The zero-order valence-corrected chi connectivity index (χ0v) is 11.5. The van der Waals surface area contributed by atoms with Crippen molar-refractivity contribution in [2.75, 3.05) is 18.8 Å². The van der Waals surface area contributed by atoms with Crippen LogP contribution in [0.25, 0.3) is 0 Å². The quantitative estimate of drug-likeness (QED) is 0.794. The van der Waals surface area contributed by atoms with Crippen molar-refractivity contribution in [3.05, 3.63) is 29.3 Å². The molecule has 0 bridgehead atoms. The van der Waals surface area contributed by atoms with E-state index < -0.39 is 5.97 Å². The molecule has 0 aromatic heterocycles. The Morgan fingerprint density at radius 2 is 2.00 bits per heavy atom. The van der Waals surface area contributed by atoms with E-state index in [0.717, 1.165) is 5.56 Å². The molecule has 0 saturated heterocycles. The van der Waals surface area contributed by atoms with E-state index in [1.807, 2.05) is 20.8 Å². The highest BCUT2D eigenvalue weighted by atomic mass is 16.4. The number of anilines is 1. The molecule has 0 heterocycles. The van der Waals surface area contributed by atoms with Gasteiger partial charge in [0, 0.05) is 17.8 Å². The summed E-state index contributed by atoms with van der Waals surface area (Å²) in [5.74, 6) is -1.12. The van der Waals surface area contributed by atoms with Gasteiger partial charge in [-0.1, -0.05) is 19.9 Å². The van der Waals surface area contributed by atoms with E-state index in [-0.39, 0.29) is 18.4 Å². The zero-order valence-electron chi connectivity index (χ0n) is 11.5. The van der Waals surface area contributed by atoms with Crippen LogP contribution in [0.15, 0.2) is 18.2 Å². The molecule has 1 aromatic carbocycles. The molecule has 0 aliphatic rings. The number of nitrogen functional groups attached to an aromatic ring is 1. The average molecular weight is 264 g/mol. The Morgan fingerprint density at radius 1 is 1.37 bits per heavy atom. The van der Waals surface area contributed by atoms with Crippen molar-refractivity contribution in [3.63, 3.8) is 0 Å². The topological polar surface area (TPSA) is 83.6 Å². The molecule has 0 saturated carbocycles. The Labute approximate surface area is 113 Å². The molecule has 0 radical (unpaired) electrons. The van der Waals surface area contributed by atoms with Gasteiger partial charge in [-0.3, -0.25) is 9.59 Å². The van der Waals surface area contributed by atoms with Gasteiger partial charge in [0.15, 0.2) is 0 Å². The van der Waals surface area contributed by atoms with Crippen molar-refractivity contribution in [1.82, 2.24) is 4.90 Å². The van der Waals surface area contributed by atoms with Crippen LogP contribution in [0.1, 0.15) is 29.8 Å². The van der Waals surface area contributed by atoms with Gasteiger partial charge in [0.2, 0.25) is 0 Å². The molecule has 3 N–H and O–H groups in total. The number of carbonyl (C=O) groups is 2. The molecule has 0 spiro atoms. The van der Waals surface area contributed by atoms with Crippen LogP contribution in [0.3, 0.4) is 0 Å². The van der Waals surface area contributed by atoms with E-state index >= 15 is 0 Å². The minimum absolute atomic E-state index is 0.200. The zero-order chi connectivity index (χ0) is 14.6. The summed E-state index contributed by atoms with van der Waals surface area (Å²) in [7, 11) is 0. The number of benzene rings is 1. The Balaban J connectivity index is 2.97. The molecular formula is C14H20N2O3. The molecule has 19 heavy (non-hydrogen) atoms. The standard InChI is InChI=1S/C14H20N2O3/c1-9(2)7-16(8-13(17)18)14(19)11-5-4-10(3)12(15)6-11/h4-6,9H,7-8,15H2,1-3H3,(H,17,18). The molecule has 1 aromatic rings. The monoisotopic (exact) mass is 264 g/mol. The first-order valence-electron chi connectivity index (χ1n) is 6.18. The van der Waals surface area contributed by atoms with Crippen LogP contribution in [0.4, 0.5) is 5.69 Å². The Hall–Kier alpha value is -2.04. The van der Waals surface area contributed by atoms with Crippen LogP contribution >= 0.6 is 0 Å². The van der Waals surface area contributed by atoms with Crippen molar-refractivity contribution >= 4 is 17.6 Å². The first kappa shape index (κ1) is 15.0. The lowest BCUT2D eigenvalue weighted by atomic mass is 10.1. The van der Waals surface area contributed by atoms with Crippen LogP contribution in [0.2, 0.25) is 0 Å². The van der Waals surface area contributed by atoms with Gasteiger partial charge in [0.05, 0.1) is 0 Å².